The van der Waals surface area contributed by atoms with Gasteiger partial charge in [0, 0.05) is 36.3 Å². The Kier molecular flexibility index (Phi) is 5.88. The van der Waals surface area contributed by atoms with Crippen LogP contribution in [-0.4, -0.2) is 49.4 Å². The van der Waals surface area contributed by atoms with Crippen molar-refractivity contribution < 1.29 is 17.9 Å². The summed E-state index contributed by atoms with van der Waals surface area (Å²) in [7, 11) is -3.65. The Morgan fingerprint density at radius 1 is 1.23 bits per heavy atom. The molecule has 1 unspecified atom stereocenters. The van der Waals surface area contributed by atoms with E-state index in [-0.39, 0.29) is 36.5 Å². The largest absolute Gasteiger partial charge is 0.371 e. The first kappa shape index (κ1) is 20.9. The van der Waals surface area contributed by atoms with E-state index >= 15 is 0 Å². The molecule has 1 aliphatic rings. The number of carbonyl (C=O) groups is 1. The van der Waals surface area contributed by atoms with E-state index in [4.69, 9.17) is 4.74 Å². The highest BCUT2D eigenvalue weighted by Crippen LogP contribution is 2.38. The van der Waals surface area contributed by atoms with Crippen LogP contribution in [0.5, 0.6) is 0 Å². The lowest BCUT2D eigenvalue weighted by molar-refractivity contribution is -0.00193. The molecule has 1 atom stereocenters. The first-order chi connectivity index (χ1) is 14.4. The number of aromatic nitrogens is 1. The monoisotopic (exact) mass is 445 g/mol. The highest BCUT2D eigenvalue weighted by atomic mass is 32.2. The van der Waals surface area contributed by atoms with Gasteiger partial charge in [0.1, 0.15) is 9.71 Å². The van der Waals surface area contributed by atoms with Crippen LogP contribution in [0.4, 0.5) is 0 Å². The van der Waals surface area contributed by atoms with Gasteiger partial charge in [-0.1, -0.05) is 24.3 Å². The van der Waals surface area contributed by atoms with E-state index in [2.05, 4.69) is 10.3 Å². The Bertz CT molecular complexity index is 1160. The molecule has 0 aliphatic carbocycles. The lowest BCUT2D eigenvalue weighted by Crippen LogP contribution is -2.42. The number of amides is 1. The average molecular weight is 446 g/mol. The molecule has 0 spiro atoms. The number of hydrogen-bond acceptors (Lipinski definition) is 6. The number of ether oxygens (including phenoxy) is 1. The van der Waals surface area contributed by atoms with Crippen molar-refractivity contribution in [2.75, 3.05) is 19.7 Å². The van der Waals surface area contributed by atoms with Gasteiger partial charge in [-0.25, -0.2) is 13.4 Å². The molecule has 1 saturated heterocycles. The minimum absolute atomic E-state index is 0.0225. The maximum absolute atomic E-state index is 13.1. The topological polar surface area (TPSA) is 88.6 Å². The molecule has 3 heterocycles. The molecule has 0 saturated carbocycles. The van der Waals surface area contributed by atoms with Crippen LogP contribution >= 0.6 is 11.3 Å². The molecule has 1 N–H and O–H groups in total. The van der Waals surface area contributed by atoms with Gasteiger partial charge in [0.25, 0.3) is 5.91 Å². The zero-order valence-corrected chi connectivity index (χ0v) is 18.4. The molecule has 4 rings (SSSR count). The van der Waals surface area contributed by atoms with Gasteiger partial charge in [-0.3, -0.25) is 4.79 Å². The number of hydrogen-bond donors (Lipinski definition) is 1. The van der Waals surface area contributed by atoms with Crippen LogP contribution in [0.15, 0.2) is 53.6 Å². The van der Waals surface area contributed by atoms with Crippen molar-refractivity contribution in [3.05, 3.63) is 59.1 Å². The SMILES string of the molecule is CC(C)NC(=O)c1sc2ncccc2c1C1CN(S(=O)(=O)c2ccccc2)CCO1. The van der Waals surface area contributed by atoms with Crippen molar-refractivity contribution in [2.24, 2.45) is 0 Å². The van der Waals surface area contributed by atoms with Crippen LogP contribution in [0.3, 0.4) is 0 Å². The zero-order valence-electron chi connectivity index (χ0n) is 16.7. The van der Waals surface area contributed by atoms with Gasteiger partial charge in [-0.15, -0.1) is 11.3 Å². The van der Waals surface area contributed by atoms with Crippen LogP contribution in [0, 0.1) is 0 Å². The van der Waals surface area contributed by atoms with Crippen LogP contribution in [0.25, 0.3) is 10.2 Å². The molecular weight excluding hydrogens is 422 g/mol. The van der Waals surface area contributed by atoms with Crippen molar-refractivity contribution in [3.8, 4) is 0 Å². The van der Waals surface area contributed by atoms with Gasteiger partial charge >= 0.3 is 0 Å². The van der Waals surface area contributed by atoms with Gasteiger partial charge in [0.05, 0.1) is 17.6 Å². The average Bonchev–Trinajstić information content (AvgIpc) is 3.14. The van der Waals surface area contributed by atoms with Crippen LogP contribution in [0.1, 0.15) is 35.2 Å². The van der Waals surface area contributed by atoms with E-state index in [9.17, 15) is 13.2 Å². The summed E-state index contributed by atoms with van der Waals surface area (Å²) >= 11 is 1.30. The van der Waals surface area contributed by atoms with Crippen molar-refractivity contribution in [1.82, 2.24) is 14.6 Å². The second-order valence-electron chi connectivity index (χ2n) is 7.36. The summed E-state index contributed by atoms with van der Waals surface area (Å²) in [5, 5.41) is 3.74. The molecular formula is C21H23N3O4S2. The number of benzene rings is 1. The molecule has 3 aromatic rings. The fraction of sp³-hybridized carbons (Fsp3) is 0.333. The zero-order chi connectivity index (χ0) is 21.3. The summed E-state index contributed by atoms with van der Waals surface area (Å²) < 4.78 is 33.6. The van der Waals surface area contributed by atoms with Crippen LogP contribution < -0.4 is 5.32 Å². The molecule has 2 aromatic heterocycles. The number of pyridine rings is 1. The number of carbonyl (C=O) groups excluding carboxylic acids is 1. The number of sulfonamides is 1. The van der Waals surface area contributed by atoms with Crippen molar-refractivity contribution in [2.45, 2.75) is 30.9 Å². The first-order valence-electron chi connectivity index (χ1n) is 9.73. The first-order valence-corrected chi connectivity index (χ1v) is 12.0. The predicted octanol–water partition coefficient (Wildman–Crippen LogP) is 3.20. The van der Waals surface area contributed by atoms with Gasteiger partial charge in [-0.2, -0.15) is 4.31 Å². The third-order valence-electron chi connectivity index (χ3n) is 4.86. The second-order valence-corrected chi connectivity index (χ2v) is 10.3. The van der Waals surface area contributed by atoms with E-state index < -0.39 is 16.1 Å². The molecule has 9 heteroatoms. The number of nitrogens with one attached hydrogen (secondary N) is 1. The van der Waals surface area contributed by atoms with Crippen LogP contribution in [0.2, 0.25) is 0 Å². The standard InChI is InChI=1S/C21H23N3O4S2/c1-14(2)23-20(25)19-18(16-9-6-10-22-21(16)29-19)17-13-24(11-12-28-17)30(26,27)15-7-4-3-5-8-15/h3-10,14,17H,11-13H2,1-2H3,(H,23,25). The maximum atomic E-state index is 13.1. The van der Waals surface area contributed by atoms with Crippen molar-refractivity contribution in [1.29, 1.82) is 0 Å². The van der Waals surface area contributed by atoms with Crippen molar-refractivity contribution in [3.63, 3.8) is 0 Å². The predicted molar refractivity (Wildman–Crippen MR) is 116 cm³/mol. The smallest absolute Gasteiger partial charge is 0.262 e. The Hall–Kier alpha value is -2.33. The fourth-order valence-corrected chi connectivity index (χ4v) is 6.07. The Labute approximate surface area is 179 Å². The lowest BCUT2D eigenvalue weighted by Gasteiger charge is -2.32. The third kappa shape index (κ3) is 3.98. The molecule has 158 valence electrons. The molecule has 0 bridgehead atoms. The Morgan fingerprint density at radius 2 is 2.00 bits per heavy atom. The Balaban J connectivity index is 1.72. The van der Waals surface area contributed by atoms with Crippen LogP contribution in [-0.2, 0) is 14.8 Å². The minimum Gasteiger partial charge on any atom is -0.371 e. The number of thiophene rings is 1. The van der Waals surface area contributed by atoms with Gasteiger partial charge in [0.15, 0.2) is 0 Å². The summed E-state index contributed by atoms with van der Waals surface area (Å²) in [6.45, 7) is 4.45. The minimum atomic E-state index is -3.65. The summed E-state index contributed by atoms with van der Waals surface area (Å²) in [5.41, 5.74) is 0.703. The molecule has 1 amide bonds. The van der Waals surface area contributed by atoms with E-state index in [1.54, 1.807) is 36.5 Å². The number of rotatable bonds is 5. The highest BCUT2D eigenvalue weighted by Gasteiger charge is 2.35. The number of fused-ring (bicyclic) bond motifs is 1. The normalized spacial score (nSPS) is 18.0. The Morgan fingerprint density at radius 3 is 2.73 bits per heavy atom. The van der Waals surface area contributed by atoms with E-state index in [0.29, 0.717) is 10.4 Å². The summed E-state index contributed by atoms with van der Waals surface area (Å²) in [5.74, 6) is -0.199. The number of nitrogens with zero attached hydrogens (tertiary/aromatic N) is 2. The molecule has 1 aliphatic heterocycles. The molecule has 1 aromatic carbocycles. The van der Waals surface area contributed by atoms with E-state index in [0.717, 1.165) is 10.2 Å². The van der Waals surface area contributed by atoms with Gasteiger partial charge < -0.3 is 10.1 Å². The highest BCUT2D eigenvalue weighted by molar-refractivity contribution is 7.89. The van der Waals surface area contributed by atoms with Gasteiger partial charge in [-0.05, 0) is 32.0 Å². The van der Waals surface area contributed by atoms with E-state index in [1.165, 1.54) is 15.6 Å². The fourth-order valence-electron chi connectivity index (χ4n) is 3.53. The maximum Gasteiger partial charge on any atom is 0.262 e. The summed E-state index contributed by atoms with van der Waals surface area (Å²) in [6.07, 6.45) is 1.13. The quantitative estimate of drug-likeness (QED) is 0.652. The lowest BCUT2D eigenvalue weighted by atomic mass is 10.0. The third-order valence-corrected chi connectivity index (χ3v) is 7.87. The summed E-state index contributed by atoms with van der Waals surface area (Å²) in [6, 6.07) is 12.1. The molecule has 30 heavy (non-hydrogen) atoms. The summed E-state index contributed by atoms with van der Waals surface area (Å²) in [4.78, 5) is 18.8. The molecule has 0 radical (unpaired) electrons. The number of morpholine rings is 1. The molecule has 1 fully saturated rings. The second kappa shape index (κ2) is 8.43. The van der Waals surface area contributed by atoms with Crippen molar-refractivity contribution >= 4 is 37.5 Å². The van der Waals surface area contributed by atoms with E-state index in [1.807, 2.05) is 26.0 Å². The van der Waals surface area contributed by atoms with Gasteiger partial charge in [0.2, 0.25) is 10.0 Å². The molecule has 7 nitrogen and oxygen atoms in total.